The highest BCUT2D eigenvalue weighted by atomic mass is 19.1. The number of benzene rings is 1. The highest BCUT2D eigenvalue weighted by Gasteiger charge is 2.30. The van der Waals surface area contributed by atoms with Gasteiger partial charge in [0.25, 0.3) is 5.91 Å². The van der Waals surface area contributed by atoms with E-state index in [1.54, 1.807) is 24.9 Å². The van der Waals surface area contributed by atoms with Gasteiger partial charge in [-0.25, -0.2) is 4.39 Å². The molecule has 2 atom stereocenters. The van der Waals surface area contributed by atoms with Crippen LogP contribution in [0.2, 0.25) is 0 Å². The van der Waals surface area contributed by atoms with Crippen LogP contribution in [0.3, 0.4) is 0 Å². The number of carbonyl (C=O) groups is 1. The van der Waals surface area contributed by atoms with Gasteiger partial charge in [-0.15, -0.1) is 0 Å². The van der Waals surface area contributed by atoms with Crippen LogP contribution in [0.4, 0.5) is 4.39 Å². The zero-order valence-electron chi connectivity index (χ0n) is 14.4. The third-order valence-electron chi connectivity index (χ3n) is 4.44. The number of hydrogen-bond donors (Lipinski definition) is 1. The Hall–Kier alpha value is -2.21. The Morgan fingerprint density at radius 2 is 2.21 bits per heavy atom. The largest absolute Gasteiger partial charge is 0.369 e. The van der Waals surface area contributed by atoms with Crippen molar-refractivity contribution >= 4 is 5.91 Å². The summed E-state index contributed by atoms with van der Waals surface area (Å²) in [4.78, 5) is 14.3. The normalized spacial score (nSPS) is 19.9. The van der Waals surface area contributed by atoms with Crippen molar-refractivity contribution in [2.45, 2.75) is 45.9 Å². The van der Waals surface area contributed by atoms with Crippen molar-refractivity contribution in [1.82, 2.24) is 15.1 Å². The van der Waals surface area contributed by atoms with E-state index < -0.39 is 0 Å². The van der Waals surface area contributed by atoms with Gasteiger partial charge in [-0.1, -0.05) is 12.1 Å². The molecule has 0 spiro atoms. The third-order valence-corrected chi connectivity index (χ3v) is 4.44. The maximum atomic E-state index is 13.7. The quantitative estimate of drug-likeness (QED) is 0.940. The molecule has 1 aromatic carbocycles. The lowest BCUT2D eigenvalue weighted by molar-refractivity contribution is -0.00701. The Kier molecular flexibility index (Phi) is 4.41. The van der Waals surface area contributed by atoms with Gasteiger partial charge in [0.15, 0.2) is 5.69 Å². The van der Waals surface area contributed by atoms with Gasteiger partial charge in [0, 0.05) is 25.6 Å². The Morgan fingerprint density at radius 3 is 2.92 bits per heavy atom. The molecule has 1 amide bonds. The van der Waals surface area contributed by atoms with Gasteiger partial charge in [0.05, 0.1) is 17.9 Å². The van der Waals surface area contributed by atoms with Gasteiger partial charge in [-0.2, -0.15) is 5.10 Å². The smallest absolute Gasteiger partial charge is 0.274 e. The summed E-state index contributed by atoms with van der Waals surface area (Å²) < 4.78 is 19.4. The minimum absolute atomic E-state index is 0.0492. The number of rotatable bonds is 3. The van der Waals surface area contributed by atoms with E-state index in [9.17, 15) is 9.18 Å². The molecule has 6 heteroatoms. The molecule has 5 nitrogen and oxygen atoms in total. The molecule has 1 aromatic heterocycles. The van der Waals surface area contributed by atoms with E-state index in [0.29, 0.717) is 24.2 Å². The number of halogens is 1. The van der Waals surface area contributed by atoms with Crippen LogP contribution in [0.1, 0.15) is 52.8 Å². The minimum atomic E-state index is -0.259. The number of H-pyrrole nitrogens is 1. The standard InChI is InChI=1S/C18H22FN3O2/c1-10-5-6-13(8-15(10)19)9-22(4)18(23)17-14-7-11(2)24-12(3)16(14)20-21-17/h5-6,8,11-12H,7,9H2,1-4H3,(H,20,21)/t11-,12+/m1/s1. The first-order chi connectivity index (χ1) is 11.4. The zero-order valence-corrected chi connectivity index (χ0v) is 14.4. The van der Waals surface area contributed by atoms with E-state index in [0.717, 1.165) is 16.8 Å². The first-order valence-electron chi connectivity index (χ1n) is 8.10. The molecular formula is C18H22FN3O2. The first kappa shape index (κ1) is 16.6. The molecular weight excluding hydrogens is 309 g/mol. The lowest BCUT2D eigenvalue weighted by Crippen LogP contribution is -2.29. The summed E-state index contributed by atoms with van der Waals surface area (Å²) in [7, 11) is 1.70. The van der Waals surface area contributed by atoms with E-state index in [4.69, 9.17) is 4.74 Å². The van der Waals surface area contributed by atoms with E-state index >= 15 is 0 Å². The predicted octanol–water partition coefficient (Wildman–Crippen LogP) is 3.15. The van der Waals surface area contributed by atoms with Crippen molar-refractivity contribution < 1.29 is 13.9 Å². The molecule has 0 radical (unpaired) electrons. The molecule has 0 aliphatic carbocycles. The molecule has 2 heterocycles. The Labute approximate surface area is 140 Å². The summed E-state index contributed by atoms with van der Waals surface area (Å²) >= 11 is 0. The molecule has 1 aliphatic rings. The number of ether oxygens (including phenoxy) is 1. The number of nitrogens with one attached hydrogen (secondary N) is 1. The van der Waals surface area contributed by atoms with Gasteiger partial charge >= 0.3 is 0 Å². The fourth-order valence-corrected chi connectivity index (χ4v) is 3.11. The van der Waals surface area contributed by atoms with Crippen LogP contribution in [0, 0.1) is 12.7 Å². The van der Waals surface area contributed by atoms with Crippen molar-refractivity contribution in [2.75, 3.05) is 7.05 Å². The van der Waals surface area contributed by atoms with Crippen molar-refractivity contribution in [2.24, 2.45) is 0 Å². The van der Waals surface area contributed by atoms with Crippen molar-refractivity contribution in [3.63, 3.8) is 0 Å². The molecule has 1 aliphatic heterocycles. The molecule has 128 valence electrons. The lowest BCUT2D eigenvalue weighted by atomic mass is 9.99. The first-order valence-corrected chi connectivity index (χ1v) is 8.10. The van der Waals surface area contributed by atoms with Gasteiger partial charge in [-0.05, 0) is 38.0 Å². The van der Waals surface area contributed by atoms with Gasteiger partial charge in [-0.3, -0.25) is 9.89 Å². The Balaban J connectivity index is 1.80. The predicted molar refractivity (Wildman–Crippen MR) is 88.2 cm³/mol. The van der Waals surface area contributed by atoms with Crippen molar-refractivity contribution in [3.05, 3.63) is 52.1 Å². The maximum absolute atomic E-state index is 13.7. The van der Waals surface area contributed by atoms with Crippen molar-refractivity contribution in [1.29, 1.82) is 0 Å². The van der Waals surface area contributed by atoms with Crippen LogP contribution in [-0.2, 0) is 17.7 Å². The lowest BCUT2D eigenvalue weighted by Gasteiger charge is -2.25. The number of aryl methyl sites for hydroxylation is 1. The zero-order chi connectivity index (χ0) is 17.4. The minimum Gasteiger partial charge on any atom is -0.369 e. The highest BCUT2D eigenvalue weighted by Crippen LogP contribution is 2.30. The van der Waals surface area contributed by atoms with E-state index in [2.05, 4.69) is 10.2 Å². The molecule has 1 N–H and O–H groups in total. The number of aromatic amines is 1. The fourth-order valence-electron chi connectivity index (χ4n) is 3.11. The summed E-state index contributed by atoms with van der Waals surface area (Å²) in [6.45, 7) is 5.98. The number of nitrogens with zero attached hydrogens (tertiary/aromatic N) is 2. The second-order valence-electron chi connectivity index (χ2n) is 6.50. The van der Waals surface area contributed by atoms with Crippen LogP contribution in [0.15, 0.2) is 18.2 Å². The topological polar surface area (TPSA) is 58.2 Å². The maximum Gasteiger partial charge on any atom is 0.274 e. The summed E-state index contributed by atoms with van der Waals surface area (Å²) in [5, 5.41) is 7.14. The van der Waals surface area contributed by atoms with Crippen LogP contribution >= 0.6 is 0 Å². The Morgan fingerprint density at radius 1 is 1.46 bits per heavy atom. The van der Waals surface area contributed by atoms with E-state index in [-0.39, 0.29) is 23.9 Å². The summed E-state index contributed by atoms with van der Waals surface area (Å²) in [5.41, 5.74) is 3.57. The average Bonchev–Trinajstić information content (AvgIpc) is 2.94. The molecule has 0 saturated heterocycles. The monoisotopic (exact) mass is 331 g/mol. The van der Waals surface area contributed by atoms with Gasteiger partial charge in [0.1, 0.15) is 5.82 Å². The number of aromatic nitrogens is 2. The molecule has 0 saturated carbocycles. The molecule has 0 unspecified atom stereocenters. The fraction of sp³-hybridized carbons (Fsp3) is 0.444. The second-order valence-corrected chi connectivity index (χ2v) is 6.50. The van der Waals surface area contributed by atoms with Crippen molar-refractivity contribution in [3.8, 4) is 0 Å². The number of carbonyl (C=O) groups excluding carboxylic acids is 1. The number of fused-ring (bicyclic) bond motifs is 1. The van der Waals surface area contributed by atoms with Crippen LogP contribution in [-0.4, -0.2) is 34.2 Å². The molecule has 0 fully saturated rings. The van der Waals surface area contributed by atoms with Gasteiger partial charge < -0.3 is 9.64 Å². The molecule has 24 heavy (non-hydrogen) atoms. The molecule has 2 aromatic rings. The molecule has 0 bridgehead atoms. The second kappa shape index (κ2) is 6.36. The summed E-state index contributed by atoms with van der Waals surface area (Å²) in [6, 6.07) is 5.03. The third kappa shape index (κ3) is 3.06. The van der Waals surface area contributed by atoms with E-state index in [1.807, 2.05) is 19.9 Å². The Bertz CT molecular complexity index is 772. The van der Waals surface area contributed by atoms with Crippen LogP contribution in [0.5, 0.6) is 0 Å². The average molecular weight is 331 g/mol. The highest BCUT2D eigenvalue weighted by molar-refractivity contribution is 5.94. The van der Waals surface area contributed by atoms with E-state index in [1.165, 1.54) is 6.07 Å². The van der Waals surface area contributed by atoms with Crippen LogP contribution in [0.25, 0.3) is 0 Å². The number of hydrogen-bond acceptors (Lipinski definition) is 3. The molecule has 3 rings (SSSR count). The summed E-state index contributed by atoms with van der Waals surface area (Å²) in [6.07, 6.45) is 0.604. The SMILES string of the molecule is Cc1ccc(CN(C)C(=O)c2n[nH]c3c2C[C@@H](C)O[C@H]3C)cc1F. The van der Waals surface area contributed by atoms with Gasteiger partial charge in [0.2, 0.25) is 0 Å². The summed E-state index contributed by atoms with van der Waals surface area (Å²) in [5.74, 6) is -0.430. The van der Waals surface area contributed by atoms with Crippen LogP contribution < -0.4 is 0 Å². The number of amides is 1.